The number of benzene rings is 1. The van der Waals surface area contributed by atoms with Crippen molar-refractivity contribution in [2.45, 2.75) is 25.3 Å². The van der Waals surface area contributed by atoms with Crippen LogP contribution < -0.4 is 5.73 Å². The summed E-state index contributed by atoms with van der Waals surface area (Å²) >= 11 is 5.31. The van der Waals surface area contributed by atoms with Crippen LogP contribution in [0.25, 0.3) is 0 Å². The molecule has 0 fully saturated rings. The average Bonchev–Trinajstić information content (AvgIpc) is 2.80. The number of aryl methyl sites for hydroxylation is 1. The van der Waals surface area contributed by atoms with Gasteiger partial charge in [-0.15, -0.1) is 0 Å². The molecule has 17 heavy (non-hydrogen) atoms. The first-order chi connectivity index (χ1) is 8.09. The molecule has 1 aromatic heterocycles. The summed E-state index contributed by atoms with van der Waals surface area (Å²) in [5.74, 6) is 0. The third-order valence-corrected chi connectivity index (χ3v) is 4.43. The van der Waals surface area contributed by atoms with Crippen LogP contribution in [0.2, 0.25) is 0 Å². The van der Waals surface area contributed by atoms with Gasteiger partial charge in [-0.3, -0.25) is 0 Å². The number of halogens is 1. The van der Waals surface area contributed by atoms with E-state index in [1.807, 2.05) is 18.2 Å². The van der Waals surface area contributed by atoms with Gasteiger partial charge in [0.2, 0.25) is 0 Å². The fourth-order valence-corrected chi connectivity index (χ4v) is 3.34. The Kier molecular flexibility index (Phi) is 4.02. The second-order valence-electron chi connectivity index (χ2n) is 4.53. The highest BCUT2D eigenvalue weighted by molar-refractivity contribution is 9.10. The Morgan fingerprint density at radius 3 is 2.71 bits per heavy atom. The van der Waals surface area contributed by atoms with Crippen LogP contribution in [0.5, 0.6) is 0 Å². The Morgan fingerprint density at radius 2 is 2.06 bits per heavy atom. The topological polar surface area (TPSA) is 26.0 Å². The van der Waals surface area contributed by atoms with Gasteiger partial charge in [0.05, 0.1) is 0 Å². The van der Waals surface area contributed by atoms with Crippen molar-refractivity contribution in [1.29, 1.82) is 0 Å². The summed E-state index contributed by atoms with van der Waals surface area (Å²) in [5, 5.41) is 4.30. The molecule has 1 atom stereocenters. The van der Waals surface area contributed by atoms with Crippen molar-refractivity contribution in [3.05, 3.63) is 56.7 Å². The van der Waals surface area contributed by atoms with E-state index in [0.717, 1.165) is 17.3 Å². The molecule has 0 saturated carbocycles. The van der Waals surface area contributed by atoms with Gasteiger partial charge in [0, 0.05) is 10.0 Å². The zero-order valence-corrected chi connectivity index (χ0v) is 12.2. The zero-order chi connectivity index (χ0) is 12.3. The summed E-state index contributed by atoms with van der Waals surface area (Å²) in [4.78, 5) is 0. The molecule has 1 unspecified atom stereocenters. The molecule has 3 heteroatoms. The van der Waals surface area contributed by atoms with Crippen molar-refractivity contribution in [3.8, 4) is 0 Å². The molecule has 1 heterocycles. The van der Waals surface area contributed by atoms with Crippen molar-refractivity contribution in [2.24, 2.45) is 5.73 Å². The summed E-state index contributed by atoms with van der Waals surface area (Å²) in [7, 11) is 0. The normalized spacial score (nSPS) is 14.5. The maximum atomic E-state index is 6.43. The Hall–Kier alpha value is -0.640. The third kappa shape index (κ3) is 3.18. The van der Waals surface area contributed by atoms with Crippen LogP contribution in [0.4, 0.5) is 0 Å². The lowest BCUT2D eigenvalue weighted by Gasteiger charge is -2.26. The van der Waals surface area contributed by atoms with Crippen molar-refractivity contribution in [2.75, 3.05) is 0 Å². The van der Waals surface area contributed by atoms with E-state index in [1.54, 1.807) is 11.3 Å². The quantitative estimate of drug-likeness (QED) is 0.894. The molecule has 0 saturated heterocycles. The molecule has 2 aromatic rings. The van der Waals surface area contributed by atoms with Crippen LogP contribution in [-0.4, -0.2) is 0 Å². The van der Waals surface area contributed by atoms with Crippen molar-refractivity contribution < 1.29 is 0 Å². The highest BCUT2D eigenvalue weighted by Gasteiger charge is 2.22. The van der Waals surface area contributed by atoms with E-state index in [9.17, 15) is 0 Å². The first-order valence-electron chi connectivity index (χ1n) is 5.64. The van der Waals surface area contributed by atoms with E-state index in [0.29, 0.717) is 0 Å². The lowest BCUT2D eigenvalue weighted by atomic mass is 9.87. The molecular formula is C14H16BrNS. The molecular weight excluding hydrogens is 294 g/mol. The predicted octanol–water partition coefficient (Wildman–Crippen LogP) is 4.32. The van der Waals surface area contributed by atoms with Crippen molar-refractivity contribution in [1.82, 2.24) is 0 Å². The summed E-state index contributed by atoms with van der Waals surface area (Å²) in [6, 6.07) is 10.4. The lowest BCUT2D eigenvalue weighted by Crippen LogP contribution is -2.33. The summed E-state index contributed by atoms with van der Waals surface area (Å²) < 4.78 is 1.09. The van der Waals surface area contributed by atoms with E-state index >= 15 is 0 Å². The van der Waals surface area contributed by atoms with Gasteiger partial charge >= 0.3 is 0 Å². The minimum atomic E-state index is -0.290. The number of rotatable bonds is 4. The van der Waals surface area contributed by atoms with Crippen LogP contribution in [0, 0.1) is 0 Å². The Morgan fingerprint density at radius 1 is 1.29 bits per heavy atom. The van der Waals surface area contributed by atoms with Crippen LogP contribution >= 0.6 is 27.3 Å². The first kappa shape index (κ1) is 12.8. The van der Waals surface area contributed by atoms with Gasteiger partial charge in [0.25, 0.3) is 0 Å². The monoisotopic (exact) mass is 309 g/mol. The number of hydrogen-bond acceptors (Lipinski definition) is 2. The van der Waals surface area contributed by atoms with Crippen molar-refractivity contribution >= 4 is 27.3 Å². The Balaban J connectivity index is 2.11. The molecule has 0 radical (unpaired) electrons. The molecule has 1 aromatic carbocycles. The standard InChI is InChI=1S/C14H16BrNS/c1-14(16,8-6-11-7-9-17-10-11)12-4-2-3-5-13(12)15/h2-5,7,9-10H,6,8,16H2,1H3. The van der Waals surface area contributed by atoms with Crippen molar-refractivity contribution in [3.63, 3.8) is 0 Å². The molecule has 0 aliphatic rings. The molecule has 90 valence electrons. The van der Waals surface area contributed by atoms with Crippen LogP contribution in [0.1, 0.15) is 24.5 Å². The van der Waals surface area contributed by atoms with E-state index in [1.165, 1.54) is 11.1 Å². The average molecular weight is 310 g/mol. The van der Waals surface area contributed by atoms with Gasteiger partial charge in [-0.25, -0.2) is 0 Å². The van der Waals surface area contributed by atoms with Gasteiger partial charge in [0.15, 0.2) is 0 Å². The van der Waals surface area contributed by atoms with E-state index in [4.69, 9.17) is 5.73 Å². The third-order valence-electron chi connectivity index (χ3n) is 3.00. The maximum Gasteiger partial charge on any atom is 0.0395 e. The molecule has 0 aliphatic heterocycles. The Labute approximate surface area is 115 Å². The smallest absolute Gasteiger partial charge is 0.0395 e. The molecule has 0 spiro atoms. The van der Waals surface area contributed by atoms with E-state index in [-0.39, 0.29) is 5.54 Å². The second-order valence-corrected chi connectivity index (χ2v) is 6.16. The molecule has 0 aliphatic carbocycles. The molecule has 1 nitrogen and oxygen atoms in total. The first-order valence-corrected chi connectivity index (χ1v) is 7.38. The van der Waals surface area contributed by atoms with Gasteiger partial charge in [-0.1, -0.05) is 34.1 Å². The summed E-state index contributed by atoms with van der Waals surface area (Å²) in [5.41, 5.74) is 8.69. The Bertz CT molecular complexity index is 477. The fraction of sp³-hybridized carbons (Fsp3) is 0.286. The van der Waals surface area contributed by atoms with Gasteiger partial charge in [-0.2, -0.15) is 11.3 Å². The predicted molar refractivity (Wildman–Crippen MR) is 78.3 cm³/mol. The highest BCUT2D eigenvalue weighted by atomic mass is 79.9. The number of thiophene rings is 1. The largest absolute Gasteiger partial charge is 0.322 e. The lowest BCUT2D eigenvalue weighted by molar-refractivity contribution is 0.451. The molecule has 2 rings (SSSR count). The van der Waals surface area contributed by atoms with Gasteiger partial charge in [0.1, 0.15) is 0 Å². The minimum Gasteiger partial charge on any atom is -0.322 e. The van der Waals surface area contributed by atoms with Gasteiger partial charge in [-0.05, 0) is 53.8 Å². The number of nitrogens with two attached hydrogens (primary N) is 1. The van der Waals surface area contributed by atoms with Gasteiger partial charge < -0.3 is 5.73 Å². The molecule has 0 amide bonds. The zero-order valence-electron chi connectivity index (χ0n) is 9.82. The summed E-state index contributed by atoms with van der Waals surface area (Å²) in [6.45, 7) is 2.10. The maximum absolute atomic E-state index is 6.43. The van der Waals surface area contributed by atoms with Crippen LogP contribution in [-0.2, 0) is 12.0 Å². The number of hydrogen-bond donors (Lipinski definition) is 1. The van der Waals surface area contributed by atoms with Crippen LogP contribution in [0.3, 0.4) is 0 Å². The highest BCUT2D eigenvalue weighted by Crippen LogP contribution is 2.30. The fourth-order valence-electron chi connectivity index (χ4n) is 1.90. The minimum absolute atomic E-state index is 0.290. The molecule has 0 bridgehead atoms. The van der Waals surface area contributed by atoms with E-state index in [2.05, 4.69) is 45.7 Å². The summed E-state index contributed by atoms with van der Waals surface area (Å²) in [6.07, 6.45) is 1.98. The van der Waals surface area contributed by atoms with E-state index < -0.39 is 0 Å². The molecule has 2 N–H and O–H groups in total. The van der Waals surface area contributed by atoms with Crippen LogP contribution in [0.15, 0.2) is 45.6 Å². The SMILES string of the molecule is CC(N)(CCc1ccsc1)c1ccccc1Br. The second kappa shape index (κ2) is 5.34.